The summed E-state index contributed by atoms with van der Waals surface area (Å²) in [5.74, 6) is -1.99. The van der Waals surface area contributed by atoms with Gasteiger partial charge in [-0.1, -0.05) is 22.0 Å². The molecule has 0 saturated carbocycles. The van der Waals surface area contributed by atoms with Gasteiger partial charge in [0.2, 0.25) is 0 Å². The lowest BCUT2D eigenvalue weighted by Crippen LogP contribution is -2.15. The van der Waals surface area contributed by atoms with Gasteiger partial charge in [0, 0.05) is 4.47 Å². The van der Waals surface area contributed by atoms with Crippen LogP contribution in [0.15, 0.2) is 45.3 Å². The second kappa shape index (κ2) is 5.79. The number of amides is 1. The van der Waals surface area contributed by atoms with E-state index in [1.54, 1.807) is 0 Å². The number of nitrogens with one attached hydrogen (secondary N) is 1. The highest BCUT2D eigenvalue weighted by Gasteiger charge is 2.15. The summed E-state index contributed by atoms with van der Waals surface area (Å²) in [5.41, 5.74) is -0.174. The molecule has 0 saturated heterocycles. The highest BCUT2D eigenvalue weighted by Crippen LogP contribution is 2.23. The number of carbonyl (C=O) groups is 1. The van der Waals surface area contributed by atoms with Gasteiger partial charge >= 0.3 is 0 Å². The van der Waals surface area contributed by atoms with Gasteiger partial charge in [-0.25, -0.2) is 8.78 Å². The lowest BCUT2D eigenvalue weighted by Gasteiger charge is -2.08. The van der Waals surface area contributed by atoms with E-state index in [0.29, 0.717) is 4.47 Å². The number of rotatable bonds is 2. The van der Waals surface area contributed by atoms with E-state index in [1.165, 1.54) is 36.4 Å². The standard InChI is InChI=1S/C13H7Br2F2NO/c14-7-4-5-10(16)11(6-7)18-13(19)8-2-1-3-9(15)12(8)17/h1-6H,(H,18,19). The average Bonchev–Trinajstić information content (AvgIpc) is 2.37. The second-order valence-electron chi connectivity index (χ2n) is 3.68. The zero-order chi connectivity index (χ0) is 14.0. The number of carbonyl (C=O) groups excluding carboxylic acids is 1. The largest absolute Gasteiger partial charge is 0.319 e. The second-order valence-corrected chi connectivity index (χ2v) is 5.45. The van der Waals surface area contributed by atoms with Crippen LogP contribution in [-0.4, -0.2) is 5.91 Å². The monoisotopic (exact) mass is 389 g/mol. The fourth-order valence-corrected chi connectivity index (χ4v) is 2.19. The summed E-state index contributed by atoms with van der Waals surface area (Å²) in [4.78, 5) is 11.9. The van der Waals surface area contributed by atoms with Gasteiger partial charge in [-0.05, 0) is 46.3 Å². The van der Waals surface area contributed by atoms with Gasteiger partial charge in [0.15, 0.2) is 0 Å². The molecule has 19 heavy (non-hydrogen) atoms. The zero-order valence-electron chi connectivity index (χ0n) is 9.38. The number of halogens is 4. The average molecular weight is 391 g/mol. The van der Waals surface area contributed by atoms with Gasteiger partial charge in [-0.3, -0.25) is 4.79 Å². The third kappa shape index (κ3) is 3.19. The molecule has 2 aromatic rings. The molecule has 0 fully saturated rings. The Morgan fingerprint density at radius 3 is 2.58 bits per heavy atom. The summed E-state index contributed by atoms with van der Waals surface area (Å²) in [6.45, 7) is 0. The first-order valence-corrected chi connectivity index (χ1v) is 6.78. The highest BCUT2D eigenvalue weighted by atomic mass is 79.9. The molecular formula is C13H7Br2F2NO. The van der Waals surface area contributed by atoms with Crippen LogP contribution in [-0.2, 0) is 0 Å². The van der Waals surface area contributed by atoms with Crippen molar-refractivity contribution in [3.63, 3.8) is 0 Å². The molecule has 2 aromatic carbocycles. The Labute approximate surface area is 125 Å². The third-order valence-electron chi connectivity index (χ3n) is 2.37. The predicted molar refractivity (Wildman–Crippen MR) is 76.2 cm³/mol. The Kier molecular flexibility index (Phi) is 4.31. The molecule has 0 aromatic heterocycles. The number of hydrogen-bond acceptors (Lipinski definition) is 1. The summed E-state index contributed by atoms with van der Waals surface area (Å²) >= 11 is 6.16. The summed E-state index contributed by atoms with van der Waals surface area (Å²) in [6, 6.07) is 8.45. The van der Waals surface area contributed by atoms with E-state index in [-0.39, 0.29) is 15.7 Å². The van der Waals surface area contributed by atoms with Crippen molar-refractivity contribution in [3.8, 4) is 0 Å². The molecule has 0 spiro atoms. The molecule has 0 heterocycles. The minimum atomic E-state index is -0.712. The topological polar surface area (TPSA) is 29.1 Å². The van der Waals surface area contributed by atoms with Crippen LogP contribution >= 0.6 is 31.9 Å². The minimum absolute atomic E-state index is 0.0150. The first-order chi connectivity index (χ1) is 8.99. The molecule has 0 aliphatic heterocycles. The maximum absolute atomic E-state index is 13.7. The molecule has 1 amide bonds. The van der Waals surface area contributed by atoms with Crippen LogP contribution in [0.1, 0.15) is 10.4 Å². The van der Waals surface area contributed by atoms with Gasteiger partial charge in [-0.2, -0.15) is 0 Å². The Hall–Kier alpha value is -1.27. The van der Waals surface area contributed by atoms with Crippen molar-refractivity contribution in [3.05, 3.63) is 62.5 Å². The van der Waals surface area contributed by atoms with E-state index in [1.807, 2.05) is 0 Å². The molecule has 98 valence electrons. The number of hydrogen-bond donors (Lipinski definition) is 1. The van der Waals surface area contributed by atoms with Crippen molar-refractivity contribution < 1.29 is 13.6 Å². The van der Waals surface area contributed by atoms with Gasteiger partial charge in [-0.15, -0.1) is 0 Å². The van der Waals surface area contributed by atoms with Crippen molar-refractivity contribution >= 4 is 43.5 Å². The lowest BCUT2D eigenvalue weighted by molar-refractivity contribution is 0.102. The maximum atomic E-state index is 13.7. The van der Waals surface area contributed by atoms with Crippen molar-refractivity contribution in [2.75, 3.05) is 5.32 Å². The Balaban J connectivity index is 2.31. The van der Waals surface area contributed by atoms with Crippen LogP contribution in [0.5, 0.6) is 0 Å². The van der Waals surface area contributed by atoms with E-state index in [9.17, 15) is 13.6 Å². The van der Waals surface area contributed by atoms with Crippen LogP contribution < -0.4 is 5.32 Å². The normalized spacial score (nSPS) is 10.3. The predicted octanol–water partition coefficient (Wildman–Crippen LogP) is 4.74. The molecule has 6 heteroatoms. The van der Waals surface area contributed by atoms with Gasteiger partial charge < -0.3 is 5.32 Å². The quantitative estimate of drug-likeness (QED) is 0.788. The van der Waals surface area contributed by atoms with Crippen molar-refractivity contribution in [2.24, 2.45) is 0 Å². The molecule has 0 bridgehead atoms. The Morgan fingerprint density at radius 1 is 1.11 bits per heavy atom. The Morgan fingerprint density at radius 2 is 1.84 bits per heavy atom. The van der Waals surface area contributed by atoms with Gasteiger partial charge in [0.25, 0.3) is 5.91 Å². The van der Waals surface area contributed by atoms with Crippen molar-refractivity contribution in [1.82, 2.24) is 0 Å². The molecule has 0 aliphatic carbocycles. The summed E-state index contributed by atoms with van der Waals surface area (Å²) in [7, 11) is 0. The zero-order valence-corrected chi connectivity index (χ0v) is 12.6. The molecule has 2 rings (SSSR count). The van der Waals surface area contributed by atoms with E-state index in [2.05, 4.69) is 37.2 Å². The molecule has 1 N–H and O–H groups in total. The molecule has 0 radical (unpaired) electrons. The van der Waals surface area contributed by atoms with Crippen molar-refractivity contribution in [2.45, 2.75) is 0 Å². The molecular weight excluding hydrogens is 384 g/mol. The molecule has 0 unspecified atom stereocenters. The lowest BCUT2D eigenvalue weighted by atomic mass is 10.2. The van der Waals surface area contributed by atoms with Crippen LogP contribution in [0.4, 0.5) is 14.5 Å². The fourth-order valence-electron chi connectivity index (χ4n) is 1.46. The highest BCUT2D eigenvalue weighted by molar-refractivity contribution is 9.10. The first-order valence-electron chi connectivity index (χ1n) is 5.19. The van der Waals surface area contributed by atoms with E-state index < -0.39 is 17.5 Å². The van der Waals surface area contributed by atoms with E-state index >= 15 is 0 Å². The van der Waals surface area contributed by atoms with Gasteiger partial charge in [0.05, 0.1) is 15.7 Å². The van der Waals surface area contributed by atoms with Crippen LogP contribution in [0.25, 0.3) is 0 Å². The van der Waals surface area contributed by atoms with Gasteiger partial charge in [0.1, 0.15) is 11.6 Å². The third-order valence-corrected chi connectivity index (χ3v) is 3.48. The number of benzene rings is 2. The van der Waals surface area contributed by atoms with Crippen LogP contribution in [0.3, 0.4) is 0 Å². The molecule has 0 atom stereocenters. The summed E-state index contributed by atoms with van der Waals surface area (Å²) in [6.07, 6.45) is 0. The van der Waals surface area contributed by atoms with Crippen LogP contribution in [0.2, 0.25) is 0 Å². The molecule has 2 nitrogen and oxygen atoms in total. The maximum Gasteiger partial charge on any atom is 0.258 e. The fraction of sp³-hybridized carbons (Fsp3) is 0. The summed E-state index contributed by atoms with van der Waals surface area (Å²) < 4.78 is 28.0. The SMILES string of the molecule is O=C(Nc1cc(Br)ccc1F)c1cccc(Br)c1F. The van der Waals surface area contributed by atoms with E-state index in [4.69, 9.17) is 0 Å². The smallest absolute Gasteiger partial charge is 0.258 e. The van der Waals surface area contributed by atoms with E-state index in [0.717, 1.165) is 0 Å². The van der Waals surface area contributed by atoms with Crippen LogP contribution in [0, 0.1) is 11.6 Å². The Bertz CT molecular complexity index is 647. The minimum Gasteiger partial charge on any atom is -0.319 e. The number of anilines is 1. The summed E-state index contributed by atoms with van der Waals surface area (Å²) in [5, 5.41) is 2.33. The first kappa shape index (κ1) is 14.1. The van der Waals surface area contributed by atoms with Crippen molar-refractivity contribution in [1.29, 1.82) is 0 Å². The molecule has 0 aliphatic rings.